The molecule has 0 atom stereocenters. The van der Waals surface area contributed by atoms with Crippen LogP contribution in [-0.2, 0) is 4.74 Å². The second-order valence-electron chi connectivity index (χ2n) is 3.12. The Morgan fingerprint density at radius 2 is 2.00 bits per heavy atom. The number of hydrogen-bond acceptors (Lipinski definition) is 7. The Hall–Kier alpha value is -2.35. The molecule has 2 rings (SSSR count). The van der Waals surface area contributed by atoms with E-state index in [4.69, 9.17) is 5.11 Å². The standard InChI is InChI=1S/C10H7N3O4S/c1-17-10(16)8-13-6(9(14)15)7(18-8)5-2-11-4-12-3-5/h2-4H,1H3,(H,14,15). The number of ether oxygens (including phenoxy) is 1. The first kappa shape index (κ1) is 12.1. The van der Waals surface area contributed by atoms with Crippen molar-refractivity contribution in [2.24, 2.45) is 0 Å². The summed E-state index contributed by atoms with van der Waals surface area (Å²) in [6, 6.07) is 0. The van der Waals surface area contributed by atoms with Crippen molar-refractivity contribution >= 4 is 23.3 Å². The molecule has 92 valence electrons. The Labute approximate surface area is 105 Å². The Morgan fingerprint density at radius 3 is 2.56 bits per heavy atom. The highest BCUT2D eigenvalue weighted by molar-refractivity contribution is 7.17. The van der Waals surface area contributed by atoms with Gasteiger partial charge in [-0.25, -0.2) is 24.5 Å². The average Bonchev–Trinajstić information content (AvgIpc) is 2.84. The highest BCUT2D eigenvalue weighted by Gasteiger charge is 2.22. The third-order valence-electron chi connectivity index (χ3n) is 2.01. The number of carbonyl (C=O) groups is 2. The number of carboxylic acid groups (broad SMARTS) is 1. The van der Waals surface area contributed by atoms with E-state index in [1.54, 1.807) is 0 Å². The van der Waals surface area contributed by atoms with Gasteiger partial charge in [0.2, 0.25) is 5.01 Å². The second kappa shape index (κ2) is 4.88. The predicted octanol–water partition coefficient (Wildman–Crippen LogP) is 1.08. The summed E-state index contributed by atoms with van der Waals surface area (Å²) < 4.78 is 4.51. The quantitative estimate of drug-likeness (QED) is 0.828. The van der Waals surface area contributed by atoms with Gasteiger partial charge in [0.15, 0.2) is 5.69 Å². The minimum atomic E-state index is -1.22. The lowest BCUT2D eigenvalue weighted by Crippen LogP contribution is -2.03. The molecule has 0 aliphatic carbocycles. The van der Waals surface area contributed by atoms with Crippen LogP contribution in [0.25, 0.3) is 10.4 Å². The molecule has 0 saturated carbocycles. The number of methoxy groups -OCH3 is 1. The molecule has 2 aromatic rings. The topological polar surface area (TPSA) is 102 Å². The third kappa shape index (κ3) is 2.18. The van der Waals surface area contributed by atoms with E-state index in [-0.39, 0.29) is 10.7 Å². The van der Waals surface area contributed by atoms with Gasteiger partial charge in [-0.1, -0.05) is 0 Å². The smallest absolute Gasteiger partial charge is 0.367 e. The van der Waals surface area contributed by atoms with Crippen LogP contribution in [0.3, 0.4) is 0 Å². The monoisotopic (exact) mass is 265 g/mol. The number of aromatic carboxylic acids is 1. The zero-order valence-electron chi connectivity index (χ0n) is 9.15. The normalized spacial score (nSPS) is 10.1. The molecule has 0 aliphatic rings. The van der Waals surface area contributed by atoms with Gasteiger partial charge in [-0.05, 0) is 0 Å². The molecule has 8 heteroatoms. The number of thiazole rings is 1. The van der Waals surface area contributed by atoms with Gasteiger partial charge in [0.05, 0.1) is 12.0 Å². The average molecular weight is 265 g/mol. The fourth-order valence-corrected chi connectivity index (χ4v) is 2.20. The van der Waals surface area contributed by atoms with E-state index >= 15 is 0 Å². The molecule has 0 spiro atoms. The van der Waals surface area contributed by atoms with Crippen molar-refractivity contribution in [3.63, 3.8) is 0 Å². The number of aromatic nitrogens is 3. The Bertz CT molecular complexity index is 596. The number of carbonyl (C=O) groups excluding carboxylic acids is 1. The van der Waals surface area contributed by atoms with E-state index in [1.165, 1.54) is 25.8 Å². The maximum absolute atomic E-state index is 11.3. The SMILES string of the molecule is COC(=O)c1nc(C(=O)O)c(-c2cncnc2)s1. The van der Waals surface area contributed by atoms with Gasteiger partial charge >= 0.3 is 11.9 Å². The van der Waals surface area contributed by atoms with Crippen LogP contribution < -0.4 is 0 Å². The second-order valence-corrected chi connectivity index (χ2v) is 4.12. The molecule has 1 N–H and O–H groups in total. The van der Waals surface area contributed by atoms with Gasteiger partial charge in [0.1, 0.15) is 6.33 Å². The van der Waals surface area contributed by atoms with Crippen molar-refractivity contribution in [2.75, 3.05) is 7.11 Å². The molecule has 0 bridgehead atoms. The summed E-state index contributed by atoms with van der Waals surface area (Å²) in [6.07, 6.45) is 4.23. The largest absolute Gasteiger partial charge is 0.476 e. The van der Waals surface area contributed by atoms with Crippen molar-refractivity contribution in [3.05, 3.63) is 29.4 Å². The summed E-state index contributed by atoms with van der Waals surface area (Å²) >= 11 is 0.927. The first-order valence-corrected chi connectivity index (χ1v) is 5.53. The predicted molar refractivity (Wildman–Crippen MR) is 61.4 cm³/mol. The van der Waals surface area contributed by atoms with Crippen LogP contribution in [0.1, 0.15) is 20.3 Å². The molecule has 2 aromatic heterocycles. The zero-order chi connectivity index (χ0) is 13.1. The van der Waals surface area contributed by atoms with E-state index in [0.717, 1.165) is 11.3 Å². The van der Waals surface area contributed by atoms with Crippen molar-refractivity contribution in [1.82, 2.24) is 15.0 Å². The first-order chi connectivity index (χ1) is 8.63. The molecule has 0 unspecified atom stereocenters. The third-order valence-corrected chi connectivity index (χ3v) is 3.10. The number of nitrogens with zero attached hydrogens (tertiary/aromatic N) is 3. The van der Waals surface area contributed by atoms with Gasteiger partial charge in [-0.3, -0.25) is 0 Å². The molecule has 0 aromatic carbocycles. The zero-order valence-corrected chi connectivity index (χ0v) is 9.97. The Balaban J connectivity index is 2.56. The van der Waals surface area contributed by atoms with Crippen molar-refractivity contribution < 1.29 is 19.4 Å². The van der Waals surface area contributed by atoms with Crippen molar-refractivity contribution in [2.45, 2.75) is 0 Å². The van der Waals surface area contributed by atoms with Crippen LogP contribution in [0.2, 0.25) is 0 Å². The lowest BCUT2D eigenvalue weighted by molar-refractivity contribution is 0.0600. The van der Waals surface area contributed by atoms with E-state index < -0.39 is 11.9 Å². The number of rotatable bonds is 3. The maximum atomic E-state index is 11.3. The summed E-state index contributed by atoms with van der Waals surface area (Å²) in [7, 11) is 1.20. The van der Waals surface area contributed by atoms with Gasteiger partial charge in [-0.2, -0.15) is 0 Å². The van der Waals surface area contributed by atoms with Crippen LogP contribution in [0.15, 0.2) is 18.7 Å². The van der Waals surface area contributed by atoms with Crippen LogP contribution in [-0.4, -0.2) is 39.1 Å². The molecule has 18 heavy (non-hydrogen) atoms. The highest BCUT2D eigenvalue weighted by Crippen LogP contribution is 2.29. The van der Waals surface area contributed by atoms with Crippen molar-refractivity contribution in [3.8, 4) is 10.4 Å². The number of hydrogen-bond donors (Lipinski definition) is 1. The summed E-state index contributed by atoms with van der Waals surface area (Å²) in [4.78, 5) is 34.1. The van der Waals surface area contributed by atoms with E-state index in [9.17, 15) is 9.59 Å². The molecule has 0 radical (unpaired) electrons. The van der Waals surface area contributed by atoms with Gasteiger partial charge in [-0.15, -0.1) is 11.3 Å². The maximum Gasteiger partial charge on any atom is 0.367 e. The lowest BCUT2D eigenvalue weighted by Gasteiger charge is -1.95. The summed E-state index contributed by atoms with van der Waals surface area (Å²) in [5, 5.41) is 9.03. The van der Waals surface area contributed by atoms with Gasteiger partial charge < -0.3 is 9.84 Å². The van der Waals surface area contributed by atoms with Crippen LogP contribution in [0.5, 0.6) is 0 Å². The van der Waals surface area contributed by atoms with Crippen LogP contribution in [0.4, 0.5) is 0 Å². The molecule has 0 fully saturated rings. The molecular formula is C10H7N3O4S. The fraction of sp³-hybridized carbons (Fsp3) is 0.100. The molecule has 0 amide bonds. The highest BCUT2D eigenvalue weighted by atomic mass is 32.1. The van der Waals surface area contributed by atoms with Crippen molar-refractivity contribution in [1.29, 1.82) is 0 Å². The first-order valence-electron chi connectivity index (χ1n) is 4.71. The van der Waals surface area contributed by atoms with Crippen LogP contribution >= 0.6 is 11.3 Å². The Morgan fingerprint density at radius 1 is 1.33 bits per heavy atom. The minimum Gasteiger partial charge on any atom is -0.476 e. The number of carboxylic acids is 1. The number of esters is 1. The molecular weight excluding hydrogens is 258 g/mol. The van der Waals surface area contributed by atoms with E-state index in [2.05, 4.69) is 19.7 Å². The molecule has 7 nitrogen and oxygen atoms in total. The lowest BCUT2D eigenvalue weighted by atomic mass is 10.2. The summed E-state index contributed by atoms with van der Waals surface area (Å²) in [5.74, 6) is -1.90. The van der Waals surface area contributed by atoms with E-state index in [1.807, 2.05) is 0 Å². The summed E-state index contributed by atoms with van der Waals surface area (Å²) in [5.41, 5.74) is 0.276. The molecule has 0 saturated heterocycles. The minimum absolute atomic E-state index is 0.0197. The fourth-order valence-electron chi connectivity index (χ4n) is 1.25. The van der Waals surface area contributed by atoms with Crippen LogP contribution in [0, 0.1) is 0 Å². The van der Waals surface area contributed by atoms with E-state index in [0.29, 0.717) is 10.4 Å². The Kier molecular flexibility index (Phi) is 3.28. The van der Waals surface area contributed by atoms with Gasteiger partial charge in [0, 0.05) is 18.0 Å². The van der Waals surface area contributed by atoms with Gasteiger partial charge in [0.25, 0.3) is 0 Å². The molecule has 2 heterocycles. The molecule has 0 aliphatic heterocycles. The summed E-state index contributed by atoms with van der Waals surface area (Å²) in [6.45, 7) is 0.